The lowest BCUT2D eigenvalue weighted by molar-refractivity contribution is -0.131. The summed E-state index contributed by atoms with van der Waals surface area (Å²) in [6.07, 6.45) is 0. The second-order valence-corrected chi connectivity index (χ2v) is 9.03. The van der Waals surface area contributed by atoms with E-state index in [1.807, 2.05) is 26.0 Å². The molecule has 2 aromatic carbocycles. The summed E-state index contributed by atoms with van der Waals surface area (Å²) in [6.45, 7) is 4.68. The van der Waals surface area contributed by atoms with Gasteiger partial charge in [-0.05, 0) is 37.6 Å². The third kappa shape index (κ3) is 4.83. The van der Waals surface area contributed by atoms with Crippen molar-refractivity contribution in [3.63, 3.8) is 0 Å². The third-order valence-electron chi connectivity index (χ3n) is 5.04. The predicted octanol–water partition coefficient (Wildman–Crippen LogP) is 1.57. The number of rotatable bonds is 5. The first-order chi connectivity index (χ1) is 13.8. The number of benzene rings is 2. The van der Waals surface area contributed by atoms with Gasteiger partial charge in [-0.25, -0.2) is 8.42 Å². The first kappa shape index (κ1) is 21.0. The monoisotopic (exact) mass is 415 g/mol. The van der Waals surface area contributed by atoms with Crippen molar-refractivity contribution in [3.05, 3.63) is 65.2 Å². The standard InChI is InChI=1S/C21H25N3O4S/c1-16-7-9-18(10-8-16)29(27,28)24-13-11-23(12-14-24)20(25)15-22-21(26)19-6-4-3-5-17(19)2/h3-10H,11-15H2,1-2H3,(H,22,26). The summed E-state index contributed by atoms with van der Waals surface area (Å²) >= 11 is 0. The van der Waals surface area contributed by atoms with Crippen molar-refractivity contribution < 1.29 is 18.0 Å². The molecule has 0 bridgehead atoms. The molecule has 7 nitrogen and oxygen atoms in total. The molecule has 29 heavy (non-hydrogen) atoms. The topological polar surface area (TPSA) is 86.8 Å². The lowest BCUT2D eigenvalue weighted by atomic mass is 10.1. The molecule has 1 heterocycles. The zero-order valence-corrected chi connectivity index (χ0v) is 17.4. The molecule has 1 aliphatic rings. The highest BCUT2D eigenvalue weighted by Crippen LogP contribution is 2.18. The Bertz CT molecular complexity index is 995. The van der Waals surface area contributed by atoms with E-state index in [0.29, 0.717) is 18.7 Å². The maximum absolute atomic E-state index is 12.7. The van der Waals surface area contributed by atoms with Crippen LogP contribution in [-0.2, 0) is 14.8 Å². The molecule has 2 aromatic rings. The highest BCUT2D eigenvalue weighted by Gasteiger charge is 2.30. The summed E-state index contributed by atoms with van der Waals surface area (Å²) in [6, 6.07) is 13.9. The Hall–Kier alpha value is -2.71. The van der Waals surface area contributed by atoms with Gasteiger partial charge in [-0.3, -0.25) is 9.59 Å². The van der Waals surface area contributed by atoms with Crippen LogP contribution in [0, 0.1) is 13.8 Å². The molecule has 0 radical (unpaired) electrons. The van der Waals surface area contributed by atoms with E-state index >= 15 is 0 Å². The van der Waals surface area contributed by atoms with Gasteiger partial charge < -0.3 is 10.2 Å². The average molecular weight is 416 g/mol. The van der Waals surface area contributed by atoms with Gasteiger partial charge in [-0.2, -0.15) is 4.31 Å². The number of hydrogen-bond acceptors (Lipinski definition) is 4. The fraction of sp³-hybridized carbons (Fsp3) is 0.333. The largest absolute Gasteiger partial charge is 0.343 e. The van der Waals surface area contributed by atoms with E-state index in [2.05, 4.69) is 5.32 Å². The third-order valence-corrected chi connectivity index (χ3v) is 6.95. The minimum Gasteiger partial charge on any atom is -0.343 e. The van der Waals surface area contributed by atoms with Crippen LogP contribution in [0.2, 0.25) is 0 Å². The molecule has 0 unspecified atom stereocenters. The molecule has 3 rings (SSSR count). The quantitative estimate of drug-likeness (QED) is 0.803. The fourth-order valence-corrected chi connectivity index (χ4v) is 4.65. The molecule has 1 saturated heterocycles. The van der Waals surface area contributed by atoms with Crippen molar-refractivity contribution in [1.29, 1.82) is 0 Å². The normalized spacial score (nSPS) is 15.2. The molecule has 2 amide bonds. The zero-order valence-electron chi connectivity index (χ0n) is 16.6. The first-order valence-corrected chi connectivity index (χ1v) is 10.9. The van der Waals surface area contributed by atoms with E-state index < -0.39 is 10.0 Å². The molecular formula is C21H25N3O4S. The maximum atomic E-state index is 12.7. The average Bonchev–Trinajstić information content (AvgIpc) is 2.72. The second-order valence-electron chi connectivity index (χ2n) is 7.10. The summed E-state index contributed by atoms with van der Waals surface area (Å²) in [7, 11) is -3.57. The lowest BCUT2D eigenvalue weighted by Crippen LogP contribution is -2.52. The van der Waals surface area contributed by atoms with Crippen molar-refractivity contribution in [2.45, 2.75) is 18.7 Å². The Morgan fingerprint density at radius 1 is 0.931 bits per heavy atom. The number of hydrogen-bond donors (Lipinski definition) is 1. The highest BCUT2D eigenvalue weighted by molar-refractivity contribution is 7.89. The molecule has 8 heteroatoms. The summed E-state index contributed by atoms with van der Waals surface area (Å²) in [5, 5.41) is 2.65. The van der Waals surface area contributed by atoms with Crippen molar-refractivity contribution in [1.82, 2.24) is 14.5 Å². The van der Waals surface area contributed by atoms with Crippen molar-refractivity contribution in [3.8, 4) is 0 Å². The minimum absolute atomic E-state index is 0.113. The van der Waals surface area contributed by atoms with Gasteiger partial charge in [0.25, 0.3) is 5.91 Å². The summed E-state index contributed by atoms with van der Waals surface area (Å²) < 4.78 is 26.9. The molecule has 1 fully saturated rings. The van der Waals surface area contributed by atoms with Crippen LogP contribution in [0.5, 0.6) is 0 Å². The molecule has 1 N–H and O–H groups in total. The highest BCUT2D eigenvalue weighted by atomic mass is 32.2. The van der Waals surface area contributed by atoms with Crippen LogP contribution in [0.3, 0.4) is 0 Å². The van der Waals surface area contributed by atoms with E-state index in [1.165, 1.54) is 4.31 Å². The van der Waals surface area contributed by atoms with Crippen molar-refractivity contribution in [2.75, 3.05) is 32.7 Å². The molecule has 0 saturated carbocycles. The van der Waals surface area contributed by atoms with Crippen molar-refractivity contribution >= 4 is 21.8 Å². The predicted molar refractivity (Wildman–Crippen MR) is 110 cm³/mol. The Kier molecular flexibility index (Phi) is 6.34. The smallest absolute Gasteiger partial charge is 0.251 e. The number of nitrogens with zero attached hydrogens (tertiary/aromatic N) is 2. The molecule has 0 aliphatic carbocycles. The molecule has 0 atom stereocenters. The number of carbonyl (C=O) groups excluding carboxylic acids is 2. The number of nitrogens with one attached hydrogen (secondary N) is 1. The van der Waals surface area contributed by atoms with E-state index in [-0.39, 0.29) is 36.3 Å². The van der Waals surface area contributed by atoms with Gasteiger partial charge in [-0.1, -0.05) is 35.9 Å². The Balaban J connectivity index is 1.53. The van der Waals surface area contributed by atoms with Crippen LogP contribution in [0.1, 0.15) is 21.5 Å². The molecule has 0 spiro atoms. The number of sulfonamides is 1. The zero-order chi connectivity index (χ0) is 21.0. The van der Waals surface area contributed by atoms with Gasteiger partial charge in [-0.15, -0.1) is 0 Å². The molecular weight excluding hydrogens is 390 g/mol. The van der Waals surface area contributed by atoms with Gasteiger partial charge in [0.2, 0.25) is 15.9 Å². The van der Waals surface area contributed by atoms with E-state index in [1.54, 1.807) is 41.3 Å². The summed E-state index contributed by atoms with van der Waals surface area (Å²) in [5.41, 5.74) is 2.37. The van der Waals surface area contributed by atoms with E-state index in [4.69, 9.17) is 0 Å². The van der Waals surface area contributed by atoms with Crippen LogP contribution >= 0.6 is 0 Å². The van der Waals surface area contributed by atoms with Gasteiger partial charge in [0.15, 0.2) is 0 Å². The van der Waals surface area contributed by atoms with Gasteiger partial charge >= 0.3 is 0 Å². The molecule has 0 aromatic heterocycles. The number of amides is 2. The summed E-state index contributed by atoms with van der Waals surface area (Å²) in [5.74, 6) is -0.517. The molecule has 1 aliphatic heterocycles. The number of aryl methyl sites for hydroxylation is 2. The van der Waals surface area contributed by atoms with E-state index in [0.717, 1.165) is 11.1 Å². The SMILES string of the molecule is Cc1ccc(S(=O)(=O)N2CCN(C(=O)CNC(=O)c3ccccc3C)CC2)cc1. The fourth-order valence-electron chi connectivity index (χ4n) is 3.23. The first-order valence-electron chi connectivity index (χ1n) is 9.47. The van der Waals surface area contributed by atoms with Gasteiger partial charge in [0, 0.05) is 31.7 Å². The number of piperazine rings is 1. The van der Waals surface area contributed by atoms with Crippen LogP contribution in [0.25, 0.3) is 0 Å². The van der Waals surface area contributed by atoms with Crippen LogP contribution in [-0.4, -0.2) is 62.2 Å². The van der Waals surface area contributed by atoms with Gasteiger partial charge in [0.1, 0.15) is 0 Å². The molecule has 154 valence electrons. The summed E-state index contributed by atoms with van der Waals surface area (Å²) in [4.78, 5) is 26.5. The second kappa shape index (κ2) is 8.75. The lowest BCUT2D eigenvalue weighted by Gasteiger charge is -2.34. The Morgan fingerprint density at radius 2 is 1.55 bits per heavy atom. The van der Waals surface area contributed by atoms with Crippen LogP contribution in [0.15, 0.2) is 53.4 Å². The Labute approximate surface area is 171 Å². The van der Waals surface area contributed by atoms with Crippen LogP contribution in [0.4, 0.5) is 0 Å². The van der Waals surface area contributed by atoms with Crippen LogP contribution < -0.4 is 5.32 Å². The Morgan fingerprint density at radius 3 is 2.17 bits per heavy atom. The number of carbonyl (C=O) groups is 2. The maximum Gasteiger partial charge on any atom is 0.251 e. The minimum atomic E-state index is -3.57. The van der Waals surface area contributed by atoms with Gasteiger partial charge in [0.05, 0.1) is 11.4 Å². The van der Waals surface area contributed by atoms with E-state index in [9.17, 15) is 18.0 Å². The van der Waals surface area contributed by atoms with Crippen molar-refractivity contribution in [2.24, 2.45) is 0 Å².